The first kappa shape index (κ1) is 15.9. The van der Waals surface area contributed by atoms with Crippen molar-refractivity contribution in [1.82, 2.24) is 20.7 Å². The molecule has 122 valence electrons. The number of hydrogen-bond donors (Lipinski definition) is 2. The quantitative estimate of drug-likeness (QED) is 0.667. The van der Waals surface area contributed by atoms with Crippen molar-refractivity contribution in [2.24, 2.45) is 11.0 Å². The summed E-state index contributed by atoms with van der Waals surface area (Å²) in [6.45, 7) is 8.57. The number of aromatic nitrogens is 2. The van der Waals surface area contributed by atoms with Crippen LogP contribution in [0.15, 0.2) is 5.10 Å². The highest BCUT2D eigenvalue weighted by Crippen LogP contribution is 2.31. The lowest BCUT2D eigenvalue weighted by molar-refractivity contribution is 0.241. The maximum atomic E-state index is 11.7. The van der Waals surface area contributed by atoms with E-state index >= 15 is 0 Å². The Bertz CT molecular complexity index is 791. The maximum Gasteiger partial charge on any atom is 0.335 e. The topological polar surface area (TPSA) is 79.3 Å². The van der Waals surface area contributed by atoms with E-state index in [9.17, 15) is 4.79 Å². The van der Waals surface area contributed by atoms with Gasteiger partial charge in [-0.15, -0.1) is 11.3 Å². The Kier molecular flexibility index (Phi) is 4.30. The van der Waals surface area contributed by atoms with E-state index in [0.29, 0.717) is 5.92 Å². The number of nitrogens with one attached hydrogen (secondary N) is 2. The summed E-state index contributed by atoms with van der Waals surface area (Å²) >= 11 is 1.59. The molecule has 3 rings (SSSR count). The van der Waals surface area contributed by atoms with Gasteiger partial charge in [0.05, 0.1) is 10.6 Å². The van der Waals surface area contributed by atoms with Crippen molar-refractivity contribution in [2.75, 3.05) is 6.54 Å². The molecule has 2 aromatic heterocycles. The number of aryl methyl sites for hydroxylation is 3. The number of rotatable bonds is 4. The number of nitrogens with zero attached hydrogens (tertiary/aromatic N) is 3. The van der Waals surface area contributed by atoms with E-state index in [1.807, 2.05) is 27.7 Å². The van der Waals surface area contributed by atoms with Gasteiger partial charge in [0.2, 0.25) is 0 Å². The Balaban J connectivity index is 1.78. The predicted octanol–water partition coefficient (Wildman–Crippen LogP) is 3.05. The molecule has 6 nitrogen and oxygen atoms in total. The number of hydrogen-bond acceptors (Lipinski definition) is 5. The summed E-state index contributed by atoms with van der Waals surface area (Å²) < 4.78 is 0. The molecule has 7 heteroatoms. The van der Waals surface area contributed by atoms with Crippen molar-refractivity contribution >= 4 is 33.3 Å². The molecule has 0 atom stereocenters. The summed E-state index contributed by atoms with van der Waals surface area (Å²) in [5.74, 6) is 1.43. The molecule has 1 fully saturated rings. The molecule has 2 heterocycles. The summed E-state index contributed by atoms with van der Waals surface area (Å²) in [6, 6.07) is -0.248. The Morgan fingerprint density at radius 3 is 2.74 bits per heavy atom. The van der Waals surface area contributed by atoms with E-state index in [0.717, 1.165) is 44.4 Å². The third-order valence-electron chi connectivity index (χ3n) is 3.98. The molecule has 1 saturated carbocycles. The number of hydrazone groups is 1. The van der Waals surface area contributed by atoms with Gasteiger partial charge in [-0.1, -0.05) is 0 Å². The first-order chi connectivity index (χ1) is 11.0. The van der Waals surface area contributed by atoms with Crippen LogP contribution in [0.1, 0.15) is 41.7 Å². The van der Waals surface area contributed by atoms with E-state index in [2.05, 4.69) is 25.8 Å². The molecular formula is C16H21N5OS. The van der Waals surface area contributed by atoms with E-state index in [1.165, 1.54) is 12.8 Å². The smallest absolute Gasteiger partial charge is 0.335 e. The monoisotopic (exact) mass is 331 g/mol. The van der Waals surface area contributed by atoms with Crippen molar-refractivity contribution in [3.63, 3.8) is 0 Å². The lowest BCUT2D eigenvalue weighted by Crippen LogP contribution is -2.34. The molecule has 0 spiro atoms. The molecule has 2 amide bonds. The minimum Gasteiger partial charge on any atom is -0.336 e. The molecule has 0 radical (unpaired) electrons. The van der Waals surface area contributed by atoms with Crippen LogP contribution in [0.4, 0.5) is 4.79 Å². The second-order valence-electron chi connectivity index (χ2n) is 6.05. The summed E-state index contributed by atoms with van der Waals surface area (Å²) in [6.07, 6.45) is 2.42. The molecule has 1 aliphatic rings. The van der Waals surface area contributed by atoms with E-state index in [-0.39, 0.29) is 6.03 Å². The number of carbonyl (C=O) groups is 1. The van der Waals surface area contributed by atoms with Gasteiger partial charge in [0.25, 0.3) is 0 Å². The fraction of sp³-hybridized carbons (Fsp3) is 0.500. The molecule has 2 aromatic rings. The average Bonchev–Trinajstić information content (AvgIpc) is 3.26. The third-order valence-corrected chi connectivity index (χ3v) is 5.28. The molecule has 0 bridgehead atoms. The lowest BCUT2D eigenvalue weighted by atomic mass is 10.1. The fourth-order valence-corrected chi connectivity index (χ4v) is 3.83. The summed E-state index contributed by atoms with van der Waals surface area (Å²) in [7, 11) is 0. The zero-order valence-corrected chi connectivity index (χ0v) is 14.7. The van der Waals surface area contributed by atoms with Gasteiger partial charge in [0.15, 0.2) is 0 Å². The van der Waals surface area contributed by atoms with Gasteiger partial charge >= 0.3 is 6.03 Å². The van der Waals surface area contributed by atoms with Gasteiger partial charge in [0, 0.05) is 17.6 Å². The average molecular weight is 331 g/mol. The normalized spacial score (nSPS) is 15.0. The second-order valence-corrected chi connectivity index (χ2v) is 7.05. The number of urea groups is 1. The van der Waals surface area contributed by atoms with E-state index in [1.54, 1.807) is 11.3 Å². The number of carbonyl (C=O) groups excluding carboxylic acids is 1. The van der Waals surface area contributed by atoms with Gasteiger partial charge in [-0.25, -0.2) is 20.2 Å². The van der Waals surface area contributed by atoms with Gasteiger partial charge in [0.1, 0.15) is 10.7 Å². The molecule has 2 N–H and O–H groups in total. The van der Waals surface area contributed by atoms with Crippen LogP contribution in [0.3, 0.4) is 0 Å². The molecule has 1 aliphatic carbocycles. The summed E-state index contributed by atoms with van der Waals surface area (Å²) in [5.41, 5.74) is 5.45. The highest BCUT2D eigenvalue weighted by molar-refractivity contribution is 7.20. The first-order valence-corrected chi connectivity index (χ1v) is 8.60. The van der Waals surface area contributed by atoms with Crippen LogP contribution in [0, 0.1) is 26.7 Å². The van der Waals surface area contributed by atoms with Crippen LogP contribution in [0.5, 0.6) is 0 Å². The van der Waals surface area contributed by atoms with Crippen molar-refractivity contribution in [3.8, 4) is 0 Å². The largest absolute Gasteiger partial charge is 0.336 e. The summed E-state index contributed by atoms with van der Waals surface area (Å²) in [5, 5.41) is 8.14. The minimum atomic E-state index is -0.248. The predicted molar refractivity (Wildman–Crippen MR) is 93.1 cm³/mol. The van der Waals surface area contributed by atoms with Crippen LogP contribution in [0.2, 0.25) is 0 Å². The number of thiophene rings is 1. The zero-order valence-electron chi connectivity index (χ0n) is 13.9. The minimum absolute atomic E-state index is 0.248. The summed E-state index contributed by atoms with van der Waals surface area (Å²) in [4.78, 5) is 22.7. The second kappa shape index (κ2) is 6.23. The molecular weight excluding hydrogens is 310 g/mol. The van der Waals surface area contributed by atoms with Gasteiger partial charge in [-0.05, 0) is 52.0 Å². The highest BCUT2D eigenvalue weighted by Gasteiger charge is 2.21. The molecule has 0 saturated heterocycles. The number of amides is 2. The maximum absolute atomic E-state index is 11.7. The molecule has 0 aliphatic heterocycles. The Hall–Kier alpha value is -2.02. The molecule has 23 heavy (non-hydrogen) atoms. The fourth-order valence-electron chi connectivity index (χ4n) is 2.60. The van der Waals surface area contributed by atoms with Crippen LogP contribution < -0.4 is 10.7 Å². The van der Waals surface area contributed by atoms with Crippen LogP contribution in [-0.4, -0.2) is 28.3 Å². The van der Waals surface area contributed by atoms with Gasteiger partial charge < -0.3 is 5.32 Å². The molecule has 0 unspecified atom stereocenters. The van der Waals surface area contributed by atoms with Crippen molar-refractivity contribution in [1.29, 1.82) is 0 Å². The van der Waals surface area contributed by atoms with Crippen LogP contribution in [0.25, 0.3) is 10.2 Å². The van der Waals surface area contributed by atoms with Crippen molar-refractivity contribution in [2.45, 2.75) is 40.5 Å². The Morgan fingerprint density at radius 2 is 2.04 bits per heavy atom. The SMILES string of the molecule is CC(=NNC(=O)NCC1CC1)c1sc2nc(C)nc(C)c2c1C. The van der Waals surface area contributed by atoms with Crippen molar-refractivity contribution < 1.29 is 4.79 Å². The third kappa shape index (κ3) is 3.50. The Morgan fingerprint density at radius 1 is 1.30 bits per heavy atom. The zero-order chi connectivity index (χ0) is 16.6. The van der Waals surface area contributed by atoms with Gasteiger partial charge in [-0.2, -0.15) is 5.10 Å². The van der Waals surface area contributed by atoms with Crippen LogP contribution in [-0.2, 0) is 0 Å². The highest BCUT2D eigenvalue weighted by atomic mass is 32.1. The molecule has 0 aromatic carbocycles. The Labute approximate surface area is 139 Å². The number of fused-ring (bicyclic) bond motifs is 1. The first-order valence-electron chi connectivity index (χ1n) is 7.78. The van der Waals surface area contributed by atoms with E-state index < -0.39 is 0 Å². The standard InChI is InChI=1S/C16H21N5OS/c1-8-13-9(2)18-11(4)19-15(13)23-14(8)10(3)20-21-16(22)17-7-12-5-6-12/h12H,5-7H2,1-4H3,(H2,17,21,22). The lowest BCUT2D eigenvalue weighted by Gasteiger charge is -2.04. The van der Waals surface area contributed by atoms with E-state index in [4.69, 9.17) is 0 Å². The van der Waals surface area contributed by atoms with Crippen LogP contribution >= 0.6 is 11.3 Å². The van der Waals surface area contributed by atoms with Crippen molar-refractivity contribution in [3.05, 3.63) is 22.0 Å². The van der Waals surface area contributed by atoms with Gasteiger partial charge in [-0.3, -0.25) is 0 Å².